The molecule has 0 aromatic carbocycles. The van der Waals surface area contributed by atoms with Gasteiger partial charge in [0.25, 0.3) is 11.7 Å². The Kier molecular flexibility index (Phi) is 5.57. The summed E-state index contributed by atoms with van der Waals surface area (Å²) < 4.78 is 3.83. The molecule has 0 aliphatic heterocycles. The Morgan fingerprint density at radius 3 is 2.62 bits per heavy atom. The number of imidazole rings is 1. The van der Waals surface area contributed by atoms with Crippen LogP contribution in [0.2, 0.25) is 0 Å². The van der Waals surface area contributed by atoms with Crippen LogP contribution in [0.3, 0.4) is 0 Å². The third-order valence-electron chi connectivity index (χ3n) is 4.92. The summed E-state index contributed by atoms with van der Waals surface area (Å²) in [6, 6.07) is 12.2. The third kappa shape index (κ3) is 3.31. The molecule has 0 atom stereocenters. The lowest BCUT2D eigenvalue weighted by Gasteiger charge is -2.20. The van der Waals surface area contributed by atoms with E-state index in [4.69, 9.17) is 0 Å². The minimum absolute atomic E-state index is 0. The van der Waals surface area contributed by atoms with E-state index in [1.165, 1.54) is 32.1 Å². The molecule has 3 aromatic heterocycles. The van der Waals surface area contributed by atoms with Crippen molar-refractivity contribution in [2.24, 2.45) is 0 Å². The molecule has 3 heterocycles. The minimum atomic E-state index is -0.0129. The van der Waals surface area contributed by atoms with Crippen molar-refractivity contribution in [3.05, 3.63) is 48.8 Å². The number of rotatable bonds is 3. The van der Waals surface area contributed by atoms with Gasteiger partial charge in [0.05, 0.1) is 12.2 Å². The van der Waals surface area contributed by atoms with E-state index in [1.54, 1.807) is 17.7 Å². The Morgan fingerprint density at radius 1 is 1.15 bits per heavy atom. The van der Waals surface area contributed by atoms with Crippen molar-refractivity contribution in [1.82, 2.24) is 9.55 Å². The van der Waals surface area contributed by atoms with Crippen LogP contribution in [0.5, 0.6) is 0 Å². The molecule has 1 aliphatic rings. The van der Waals surface area contributed by atoms with E-state index in [2.05, 4.69) is 14.7 Å². The van der Waals surface area contributed by atoms with Crippen molar-refractivity contribution in [1.29, 1.82) is 0 Å². The first-order valence-corrected chi connectivity index (χ1v) is 8.99. The number of carbonyl (C=O) groups is 1. The van der Waals surface area contributed by atoms with Crippen molar-refractivity contribution < 1.29 is 9.20 Å². The highest BCUT2D eigenvalue weighted by Crippen LogP contribution is 2.29. The molecular formula is C20H24ClN4O+. The van der Waals surface area contributed by atoms with E-state index < -0.39 is 0 Å². The molecule has 1 fully saturated rings. The molecule has 0 spiro atoms. The van der Waals surface area contributed by atoms with Crippen LogP contribution in [0.25, 0.3) is 17.0 Å². The predicted molar refractivity (Wildman–Crippen MR) is 105 cm³/mol. The minimum Gasteiger partial charge on any atom is -0.300 e. The Balaban J connectivity index is 0.00000196. The van der Waals surface area contributed by atoms with Crippen LogP contribution in [0.4, 0.5) is 5.82 Å². The molecule has 0 bridgehead atoms. The number of halogens is 1. The van der Waals surface area contributed by atoms with E-state index in [0.29, 0.717) is 6.04 Å². The Morgan fingerprint density at radius 2 is 1.92 bits per heavy atom. The molecule has 3 aromatic rings. The maximum Gasteiger partial charge on any atom is 0.284 e. The summed E-state index contributed by atoms with van der Waals surface area (Å²) in [6.45, 7) is 1.60. The Labute approximate surface area is 159 Å². The average Bonchev–Trinajstić information content (AvgIpc) is 2.98. The molecule has 4 rings (SSSR count). The molecule has 5 nitrogen and oxygen atoms in total. The van der Waals surface area contributed by atoms with Crippen LogP contribution in [0.15, 0.2) is 48.8 Å². The second-order valence-corrected chi connectivity index (χ2v) is 6.67. The fraction of sp³-hybridized carbons (Fsp3) is 0.350. The summed E-state index contributed by atoms with van der Waals surface area (Å²) in [5.41, 5.74) is 2.50. The zero-order chi connectivity index (χ0) is 17.2. The van der Waals surface area contributed by atoms with Crippen LogP contribution < -0.4 is 9.72 Å². The zero-order valence-electron chi connectivity index (χ0n) is 14.9. The quantitative estimate of drug-likeness (QED) is 0.705. The number of nitrogens with one attached hydrogen (secondary N) is 1. The first-order valence-electron chi connectivity index (χ1n) is 8.99. The Hall–Kier alpha value is -2.40. The van der Waals surface area contributed by atoms with Gasteiger partial charge in [-0.3, -0.25) is 15.1 Å². The van der Waals surface area contributed by atoms with E-state index in [9.17, 15) is 4.79 Å². The van der Waals surface area contributed by atoms with E-state index in [-0.39, 0.29) is 18.3 Å². The van der Waals surface area contributed by atoms with Gasteiger partial charge in [-0.2, -0.15) is 4.57 Å². The topological polar surface area (TPSA) is 51.0 Å². The molecule has 0 radical (unpaired) electrons. The standard InChI is InChI=1S/C20H23N4O.ClH/c1-15(25)24-18-12-6-8-14-23(18)20(22-16-9-3-2-4-10-16)19(24)17-11-5-7-13-21-17;/h5-8,11-14,16,22H,2-4,9-10H2,1H3;1H/q+1;. The number of anilines is 1. The molecule has 0 unspecified atom stereocenters. The molecule has 1 N–H and O–H groups in total. The van der Waals surface area contributed by atoms with Gasteiger partial charge in [-0.1, -0.05) is 31.4 Å². The van der Waals surface area contributed by atoms with Gasteiger partial charge in [0.2, 0.25) is 11.3 Å². The predicted octanol–water partition coefficient (Wildman–Crippen LogP) is 4.12. The SMILES string of the molecule is CC(=O)n1c(-c2ccccn2)c(NC2CCCCC2)[n+]2ccccc12.Cl. The second-order valence-electron chi connectivity index (χ2n) is 6.67. The summed E-state index contributed by atoms with van der Waals surface area (Å²) in [7, 11) is 0. The van der Waals surface area contributed by atoms with Gasteiger partial charge in [0.1, 0.15) is 5.69 Å². The highest BCUT2D eigenvalue weighted by molar-refractivity contribution is 5.88. The van der Waals surface area contributed by atoms with E-state index >= 15 is 0 Å². The average molecular weight is 372 g/mol. The molecule has 0 amide bonds. The lowest BCUT2D eigenvalue weighted by molar-refractivity contribution is -0.495. The van der Waals surface area contributed by atoms with E-state index in [1.807, 2.05) is 42.6 Å². The summed E-state index contributed by atoms with van der Waals surface area (Å²) in [4.78, 5) is 17.0. The summed E-state index contributed by atoms with van der Waals surface area (Å²) in [5, 5.41) is 3.72. The number of pyridine rings is 2. The highest BCUT2D eigenvalue weighted by Gasteiger charge is 2.30. The smallest absolute Gasteiger partial charge is 0.284 e. The fourth-order valence-electron chi connectivity index (χ4n) is 3.78. The lowest BCUT2D eigenvalue weighted by atomic mass is 9.95. The van der Waals surface area contributed by atoms with Gasteiger partial charge in [0, 0.05) is 19.2 Å². The van der Waals surface area contributed by atoms with Crippen molar-refractivity contribution in [2.75, 3.05) is 5.32 Å². The lowest BCUT2D eigenvalue weighted by Crippen LogP contribution is -2.30. The Bertz CT molecular complexity index is 901. The molecule has 1 aliphatic carbocycles. The number of nitrogens with zero attached hydrogens (tertiary/aromatic N) is 3. The molecular weight excluding hydrogens is 348 g/mol. The summed E-state index contributed by atoms with van der Waals surface area (Å²) >= 11 is 0. The summed E-state index contributed by atoms with van der Waals surface area (Å²) in [6.07, 6.45) is 9.94. The number of hydrogen-bond donors (Lipinski definition) is 1. The first kappa shape index (κ1) is 18.4. The van der Waals surface area contributed by atoms with E-state index in [0.717, 1.165) is 22.9 Å². The second kappa shape index (κ2) is 7.87. The fourth-order valence-corrected chi connectivity index (χ4v) is 3.78. The number of hydrogen-bond acceptors (Lipinski definition) is 3. The zero-order valence-corrected chi connectivity index (χ0v) is 15.7. The van der Waals surface area contributed by atoms with Gasteiger partial charge in [0.15, 0.2) is 0 Å². The maximum absolute atomic E-state index is 12.5. The van der Waals surface area contributed by atoms with Gasteiger partial charge in [-0.15, -0.1) is 12.4 Å². The summed E-state index contributed by atoms with van der Waals surface area (Å²) in [5.74, 6) is 0.942. The normalized spacial score (nSPS) is 14.8. The molecule has 0 saturated heterocycles. The van der Waals surface area contributed by atoms with Crippen molar-refractivity contribution in [3.8, 4) is 11.4 Å². The van der Waals surface area contributed by atoms with Gasteiger partial charge in [-0.05, 0) is 31.0 Å². The largest absolute Gasteiger partial charge is 0.300 e. The molecule has 1 saturated carbocycles. The van der Waals surface area contributed by atoms with Gasteiger partial charge >= 0.3 is 0 Å². The number of aromatic nitrogens is 3. The third-order valence-corrected chi connectivity index (χ3v) is 4.92. The van der Waals surface area contributed by atoms with Crippen molar-refractivity contribution in [2.45, 2.75) is 45.1 Å². The van der Waals surface area contributed by atoms with Gasteiger partial charge < -0.3 is 0 Å². The molecule has 136 valence electrons. The first-order chi connectivity index (χ1) is 12.3. The maximum atomic E-state index is 12.5. The van der Waals surface area contributed by atoms with Crippen molar-refractivity contribution >= 4 is 29.8 Å². The van der Waals surface area contributed by atoms with Crippen LogP contribution in [-0.2, 0) is 0 Å². The van der Waals surface area contributed by atoms with Crippen LogP contribution >= 0.6 is 12.4 Å². The monoisotopic (exact) mass is 371 g/mol. The van der Waals surface area contributed by atoms with Gasteiger partial charge in [-0.25, -0.2) is 4.40 Å². The van der Waals surface area contributed by atoms with Crippen LogP contribution in [0, 0.1) is 0 Å². The number of carbonyl (C=O) groups excluding carboxylic acids is 1. The highest BCUT2D eigenvalue weighted by atomic mass is 35.5. The molecule has 26 heavy (non-hydrogen) atoms. The number of fused-ring (bicyclic) bond motifs is 1. The van der Waals surface area contributed by atoms with Crippen LogP contribution in [-0.4, -0.2) is 21.5 Å². The molecule has 6 heteroatoms. The van der Waals surface area contributed by atoms with Crippen LogP contribution in [0.1, 0.15) is 43.8 Å². The van der Waals surface area contributed by atoms with Crippen molar-refractivity contribution in [3.63, 3.8) is 0 Å².